The van der Waals surface area contributed by atoms with Crippen LogP contribution < -0.4 is 5.73 Å². The van der Waals surface area contributed by atoms with E-state index in [0.29, 0.717) is 11.1 Å². The lowest BCUT2D eigenvalue weighted by Gasteiger charge is -2.21. The molecular weight excluding hydrogens is 341 g/mol. The molecule has 0 spiro atoms. The van der Waals surface area contributed by atoms with Gasteiger partial charge in [-0.1, -0.05) is 24.3 Å². The molecule has 0 aliphatic carbocycles. The Bertz CT molecular complexity index is 853. The molecule has 0 bridgehead atoms. The fourth-order valence-corrected chi connectivity index (χ4v) is 2.46. The summed E-state index contributed by atoms with van der Waals surface area (Å²) in [6.45, 7) is 2.86. The maximum absolute atomic E-state index is 13.4. The van der Waals surface area contributed by atoms with Crippen LogP contribution in [0.3, 0.4) is 0 Å². The molecule has 2 N–H and O–H groups in total. The molecule has 1 aromatic heterocycles. The molecule has 1 heterocycles. The minimum atomic E-state index is -3.55. The van der Waals surface area contributed by atoms with Crippen LogP contribution in [0.2, 0.25) is 0 Å². The van der Waals surface area contributed by atoms with Crippen LogP contribution in [-0.2, 0) is 9.53 Å². The van der Waals surface area contributed by atoms with Crippen LogP contribution in [0.5, 0.6) is 0 Å². The lowest BCUT2D eigenvalue weighted by Crippen LogP contribution is -2.30. The standard InChI is InChI=1S/C17H17BF2N4O2/c1-9(16(25)26-3)11-4-6-12(7-5-11)14-13(8-21)15(22)24(23-14)10(2)17(18,19)20/h4-7,9-10H,22H2,1-3H3. The minimum absolute atomic E-state index is 0.0186. The number of nitrogen functional groups attached to an aromatic ring is 1. The van der Waals surface area contributed by atoms with E-state index in [0.717, 1.165) is 11.6 Å². The Morgan fingerprint density at radius 3 is 2.42 bits per heavy atom. The summed E-state index contributed by atoms with van der Waals surface area (Å²) in [6, 6.07) is 6.97. The summed E-state index contributed by atoms with van der Waals surface area (Å²) in [6.07, 6.45) is 0. The predicted octanol–water partition coefficient (Wildman–Crippen LogP) is 2.60. The van der Waals surface area contributed by atoms with Gasteiger partial charge in [0.15, 0.2) is 7.85 Å². The first-order chi connectivity index (χ1) is 12.1. The van der Waals surface area contributed by atoms with Gasteiger partial charge in [-0.3, -0.25) is 4.79 Å². The van der Waals surface area contributed by atoms with Crippen molar-refractivity contribution >= 4 is 19.6 Å². The second-order valence-corrected chi connectivity index (χ2v) is 5.88. The Hall–Kier alpha value is -2.89. The molecule has 6 nitrogen and oxygen atoms in total. The highest BCUT2D eigenvalue weighted by Crippen LogP contribution is 2.33. The zero-order valence-corrected chi connectivity index (χ0v) is 14.5. The number of nitrogens with zero attached hydrogens (tertiary/aromatic N) is 3. The Morgan fingerprint density at radius 2 is 1.96 bits per heavy atom. The summed E-state index contributed by atoms with van der Waals surface area (Å²) in [5.41, 5.74) is 7.16. The van der Waals surface area contributed by atoms with E-state index in [4.69, 9.17) is 18.3 Å². The average Bonchev–Trinajstić information content (AvgIpc) is 2.95. The van der Waals surface area contributed by atoms with Gasteiger partial charge < -0.3 is 10.5 Å². The van der Waals surface area contributed by atoms with E-state index >= 15 is 0 Å². The van der Waals surface area contributed by atoms with Crippen molar-refractivity contribution in [3.8, 4) is 17.3 Å². The largest absolute Gasteiger partial charge is 0.469 e. The average molecular weight is 358 g/mol. The van der Waals surface area contributed by atoms with Crippen LogP contribution in [0.1, 0.15) is 36.9 Å². The molecule has 1 aromatic carbocycles. The summed E-state index contributed by atoms with van der Waals surface area (Å²) >= 11 is 0. The van der Waals surface area contributed by atoms with Crippen molar-refractivity contribution in [3.05, 3.63) is 35.4 Å². The van der Waals surface area contributed by atoms with Crippen molar-refractivity contribution in [1.82, 2.24) is 9.78 Å². The lowest BCUT2D eigenvalue weighted by atomic mass is 9.92. The molecule has 2 rings (SSSR count). The highest BCUT2D eigenvalue weighted by Gasteiger charge is 2.34. The number of carbonyl (C=O) groups is 1. The molecule has 0 saturated carbocycles. The molecule has 0 saturated heterocycles. The Balaban J connectivity index is 2.46. The van der Waals surface area contributed by atoms with Gasteiger partial charge in [-0.15, -0.1) is 0 Å². The van der Waals surface area contributed by atoms with Crippen LogP contribution in [0, 0.1) is 11.3 Å². The number of alkyl halides is 2. The monoisotopic (exact) mass is 358 g/mol. The number of aromatic nitrogens is 2. The number of hydrogen-bond donors (Lipinski definition) is 1. The van der Waals surface area contributed by atoms with Crippen molar-refractivity contribution in [1.29, 1.82) is 5.26 Å². The number of nitriles is 1. The van der Waals surface area contributed by atoms with E-state index < -0.39 is 17.8 Å². The number of esters is 1. The first-order valence-electron chi connectivity index (χ1n) is 7.74. The first kappa shape index (κ1) is 19.4. The normalized spacial score (nSPS) is 13.7. The van der Waals surface area contributed by atoms with E-state index in [9.17, 15) is 18.8 Å². The van der Waals surface area contributed by atoms with Crippen LogP contribution in [0.25, 0.3) is 11.3 Å². The van der Waals surface area contributed by atoms with Crippen molar-refractivity contribution in [2.45, 2.75) is 31.6 Å². The quantitative estimate of drug-likeness (QED) is 0.655. The number of methoxy groups -OCH3 is 1. The lowest BCUT2D eigenvalue weighted by molar-refractivity contribution is -0.141. The Morgan fingerprint density at radius 1 is 1.38 bits per heavy atom. The minimum Gasteiger partial charge on any atom is -0.469 e. The smallest absolute Gasteiger partial charge is 0.312 e. The van der Waals surface area contributed by atoms with E-state index in [2.05, 4.69) is 5.10 Å². The number of ether oxygens (including phenoxy) is 1. The number of halogens is 2. The molecule has 2 radical (unpaired) electrons. The third kappa shape index (κ3) is 3.54. The molecule has 0 aliphatic rings. The third-order valence-electron chi connectivity index (χ3n) is 4.22. The molecule has 0 amide bonds. The molecule has 134 valence electrons. The van der Waals surface area contributed by atoms with E-state index in [1.807, 2.05) is 6.07 Å². The van der Waals surface area contributed by atoms with E-state index in [1.165, 1.54) is 7.11 Å². The van der Waals surface area contributed by atoms with Gasteiger partial charge in [-0.2, -0.15) is 10.4 Å². The number of anilines is 1. The first-order valence-corrected chi connectivity index (χ1v) is 7.74. The number of hydrogen-bond acceptors (Lipinski definition) is 5. The molecule has 26 heavy (non-hydrogen) atoms. The van der Waals surface area contributed by atoms with Crippen molar-refractivity contribution < 1.29 is 18.3 Å². The maximum atomic E-state index is 13.4. The summed E-state index contributed by atoms with van der Waals surface area (Å²) < 4.78 is 32.4. The highest BCUT2D eigenvalue weighted by atomic mass is 19.3. The van der Waals surface area contributed by atoms with Crippen molar-refractivity contribution in [2.24, 2.45) is 0 Å². The zero-order valence-electron chi connectivity index (χ0n) is 14.5. The summed E-state index contributed by atoms with van der Waals surface area (Å²) in [4.78, 5) is 11.6. The molecule has 2 aromatic rings. The van der Waals surface area contributed by atoms with Crippen LogP contribution in [-0.4, -0.2) is 36.5 Å². The number of nitrogens with two attached hydrogens (primary N) is 1. The molecule has 0 fully saturated rings. The number of rotatable bonds is 5. The van der Waals surface area contributed by atoms with Gasteiger partial charge >= 0.3 is 5.97 Å². The van der Waals surface area contributed by atoms with Crippen molar-refractivity contribution in [2.75, 3.05) is 12.8 Å². The fraction of sp³-hybridized carbons (Fsp3) is 0.353. The van der Waals surface area contributed by atoms with Gasteiger partial charge in [0, 0.05) is 5.56 Å². The second kappa shape index (κ2) is 7.16. The van der Waals surface area contributed by atoms with Gasteiger partial charge in [0.2, 0.25) is 5.82 Å². The summed E-state index contributed by atoms with van der Waals surface area (Å²) in [5, 5.41) is 13.4. The SMILES string of the molecule is [B]C(F)(F)C(C)n1nc(-c2ccc(C(C)C(=O)OC)cc2)c(C#N)c1N. The summed E-state index contributed by atoms with van der Waals surface area (Å²) in [5.74, 6) is -4.59. The molecule has 2 atom stereocenters. The Labute approximate surface area is 151 Å². The van der Waals surface area contributed by atoms with Gasteiger partial charge in [-0.25, -0.2) is 13.5 Å². The van der Waals surface area contributed by atoms with E-state index in [-0.39, 0.29) is 23.0 Å². The Kier molecular flexibility index (Phi) is 5.35. The molecular formula is C17H17BF2N4O2. The van der Waals surface area contributed by atoms with Gasteiger partial charge in [-0.05, 0) is 19.4 Å². The van der Waals surface area contributed by atoms with Crippen molar-refractivity contribution in [3.63, 3.8) is 0 Å². The highest BCUT2D eigenvalue weighted by molar-refractivity contribution is 6.13. The third-order valence-corrected chi connectivity index (χ3v) is 4.22. The topological polar surface area (TPSA) is 93.9 Å². The van der Waals surface area contributed by atoms with Gasteiger partial charge in [0.25, 0.3) is 0 Å². The molecule has 9 heteroatoms. The maximum Gasteiger partial charge on any atom is 0.312 e. The summed E-state index contributed by atoms with van der Waals surface area (Å²) in [7, 11) is 6.14. The van der Waals surface area contributed by atoms with Crippen LogP contribution in [0.15, 0.2) is 24.3 Å². The zero-order chi connectivity index (χ0) is 19.6. The predicted molar refractivity (Wildman–Crippen MR) is 92.6 cm³/mol. The fourth-order valence-electron chi connectivity index (χ4n) is 2.46. The van der Waals surface area contributed by atoms with Crippen LogP contribution in [0.4, 0.5) is 14.6 Å². The van der Waals surface area contributed by atoms with Gasteiger partial charge in [0.05, 0.1) is 13.0 Å². The molecule has 2 unspecified atom stereocenters. The van der Waals surface area contributed by atoms with E-state index in [1.54, 1.807) is 31.2 Å². The number of benzene rings is 1. The second-order valence-electron chi connectivity index (χ2n) is 5.88. The van der Waals surface area contributed by atoms with Crippen LogP contribution >= 0.6 is 0 Å². The van der Waals surface area contributed by atoms with Gasteiger partial charge in [0.1, 0.15) is 29.2 Å². The molecule has 0 aliphatic heterocycles. The number of carbonyl (C=O) groups excluding carboxylic acids is 1.